The molecule has 2 rings (SSSR count). The highest BCUT2D eigenvalue weighted by atomic mass is 32.2. The van der Waals surface area contributed by atoms with Gasteiger partial charge < -0.3 is 4.74 Å². The van der Waals surface area contributed by atoms with Crippen LogP contribution in [0.1, 0.15) is 17.3 Å². The number of benzene rings is 1. The van der Waals surface area contributed by atoms with E-state index in [-0.39, 0.29) is 5.78 Å². The number of thioether (sulfide) groups is 1. The molecule has 0 aliphatic heterocycles. The largest absolute Gasteiger partial charge is 0.359 e. The molecular weight excluding hydrogens is 252 g/mol. The first-order valence-corrected chi connectivity index (χ1v) is 6.30. The highest BCUT2D eigenvalue weighted by Crippen LogP contribution is 2.22. The number of Topliss-reactive ketones (excluding diaryl/α,β-unsaturated/α-hetero) is 1. The molecule has 6 nitrogen and oxygen atoms in total. The Labute approximate surface area is 108 Å². The van der Waals surface area contributed by atoms with Gasteiger partial charge in [-0.25, -0.2) is 0 Å². The van der Waals surface area contributed by atoms with Crippen molar-refractivity contribution in [2.45, 2.75) is 17.5 Å². The zero-order valence-electron chi connectivity index (χ0n) is 9.74. The molecule has 2 aromatic rings. The number of carbonyl (C=O) groups excluding carboxylic acids is 1. The van der Waals surface area contributed by atoms with Crippen LogP contribution >= 0.6 is 11.8 Å². The van der Waals surface area contributed by atoms with Gasteiger partial charge >= 0.3 is 0 Å². The van der Waals surface area contributed by atoms with Crippen LogP contribution in [-0.2, 0) is 4.74 Å². The molecule has 0 bridgehead atoms. The fourth-order valence-corrected chi connectivity index (χ4v) is 2.17. The second-order valence-corrected chi connectivity index (χ2v) is 4.36. The fourth-order valence-electron chi connectivity index (χ4n) is 1.35. The number of aromatic nitrogens is 4. The van der Waals surface area contributed by atoms with Gasteiger partial charge in [-0.15, -0.1) is 10.2 Å². The lowest BCUT2D eigenvalue weighted by molar-refractivity contribution is 0.0708. The maximum Gasteiger partial charge on any atom is 0.233 e. The van der Waals surface area contributed by atoms with Crippen molar-refractivity contribution in [2.24, 2.45) is 0 Å². The topological polar surface area (TPSA) is 80.8 Å². The third kappa shape index (κ3) is 3.14. The summed E-state index contributed by atoms with van der Waals surface area (Å²) in [5, 5.41) is 13.8. The van der Waals surface area contributed by atoms with Crippen molar-refractivity contribution in [1.82, 2.24) is 20.6 Å². The molecule has 7 heteroatoms. The number of ketones is 1. The molecule has 18 heavy (non-hydrogen) atoms. The molecule has 0 saturated heterocycles. The third-order valence-electron chi connectivity index (χ3n) is 2.13. The van der Waals surface area contributed by atoms with Gasteiger partial charge in [-0.2, -0.15) is 5.21 Å². The number of hydrogen-bond acceptors (Lipinski definition) is 6. The van der Waals surface area contributed by atoms with E-state index in [0.717, 1.165) is 11.8 Å². The third-order valence-corrected chi connectivity index (χ3v) is 3.08. The van der Waals surface area contributed by atoms with Crippen molar-refractivity contribution >= 4 is 17.5 Å². The summed E-state index contributed by atoms with van der Waals surface area (Å²) >= 11 is 1.14. The number of tetrazole rings is 1. The number of rotatable bonds is 6. The second kappa shape index (κ2) is 6.27. The molecule has 0 amide bonds. The molecule has 0 aliphatic rings. The normalized spacial score (nSPS) is 12.3. The smallest absolute Gasteiger partial charge is 0.233 e. The molecule has 0 radical (unpaired) electrons. The molecule has 1 aromatic heterocycles. The number of nitrogens with one attached hydrogen (secondary N) is 1. The van der Waals surface area contributed by atoms with E-state index in [4.69, 9.17) is 4.74 Å². The van der Waals surface area contributed by atoms with E-state index in [0.29, 0.717) is 17.3 Å². The van der Waals surface area contributed by atoms with Crippen molar-refractivity contribution in [3.63, 3.8) is 0 Å². The average molecular weight is 264 g/mol. The van der Waals surface area contributed by atoms with Crippen LogP contribution in [0.25, 0.3) is 0 Å². The van der Waals surface area contributed by atoms with Crippen molar-refractivity contribution < 1.29 is 9.53 Å². The number of ether oxygens (including phenoxy) is 1. The van der Waals surface area contributed by atoms with Crippen molar-refractivity contribution in [3.05, 3.63) is 35.9 Å². The zero-order chi connectivity index (χ0) is 12.8. The van der Waals surface area contributed by atoms with E-state index in [2.05, 4.69) is 20.6 Å². The van der Waals surface area contributed by atoms with Gasteiger partial charge in [-0.05, 0) is 23.9 Å². The lowest BCUT2D eigenvalue weighted by atomic mass is 10.1. The minimum Gasteiger partial charge on any atom is -0.359 e. The SMILES string of the molecule is CCOC(Sc1nn[nH]n1)C(=O)c1ccccc1. The van der Waals surface area contributed by atoms with Crippen LogP contribution in [0.15, 0.2) is 35.5 Å². The predicted molar refractivity (Wildman–Crippen MR) is 66.2 cm³/mol. The maximum atomic E-state index is 12.2. The Morgan fingerprint density at radius 1 is 1.44 bits per heavy atom. The molecule has 1 unspecified atom stereocenters. The van der Waals surface area contributed by atoms with E-state index >= 15 is 0 Å². The first-order chi connectivity index (χ1) is 8.81. The Morgan fingerprint density at radius 2 is 2.22 bits per heavy atom. The minimum absolute atomic E-state index is 0.104. The van der Waals surface area contributed by atoms with Crippen LogP contribution in [0.4, 0.5) is 0 Å². The summed E-state index contributed by atoms with van der Waals surface area (Å²) in [6.07, 6.45) is 0. The van der Waals surface area contributed by atoms with Gasteiger partial charge in [0.15, 0.2) is 5.44 Å². The summed E-state index contributed by atoms with van der Waals surface area (Å²) in [5.74, 6) is -0.104. The highest BCUT2D eigenvalue weighted by Gasteiger charge is 2.23. The summed E-state index contributed by atoms with van der Waals surface area (Å²) in [5.41, 5.74) is -0.0538. The lowest BCUT2D eigenvalue weighted by Gasteiger charge is -2.13. The van der Waals surface area contributed by atoms with E-state index < -0.39 is 5.44 Å². The number of nitrogens with zero attached hydrogens (tertiary/aromatic N) is 3. The Hall–Kier alpha value is -1.73. The number of H-pyrrole nitrogens is 1. The van der Waals surface area contributed by atoms with Crippen LogP contribution in [0.3, 0.4) is 0 Å². The molecule has 1 aromatic carbocycles. The predicted octanol–water partition coefficient (Wildman–Crippen LogP) is 1.54. The monoisotopic (exact) mass is 264 g/mol. The number of aromatic amines is 1. The quantitative estimate of drug-likeness (QED) is 0.484. The van der Waals surface area contributed by atoms with E-state index in [9.17, 15) is 4.79 Å². The van der Waals surface area contributed by atoms with Crippen molar-refractivity contribution in [1.29, 1.82) is 0 Å². The first kappa shape index (κ1) is 12.7. The standard InChI is InChI=1S/C11H12N4O2S/c1-2-17-10(18-11-12-14-15-13-11)9(16)8-6-4-3-5-7-8/h3-7,10H,2H2,1H3,(H,12,13,14,15). The Balaban J connectivity index is 2.12. The Bertz CT molecular complexity index is 489. The van der Waals surface area contributed by atoms with E-state index in [1.165, 1.54) is 0 Å². The summed E-state index contributed by atoms with van der Waals surface area (Å²) in [6.45, 7) is 2.27. The van der Waals surface area contributed by atoms with Crippen LogP contribution in [0.5, 0.6) is 0 Å². The maximum absolute atomic E-state index is 12.2. The molecule has 1 N–H and O–H groups in total. The van der Waals surface area contributed by atoms with Gasteiger partial charge in [0.2, 0.25) is 10.9 Å². The second-order valence-electron chi connectivity index (χ2n) is 3.33. The summed E-state index contributed by atoms with van der Waals surface area (Å²) < 4.78 is 5.42. The minimum atomic E-state index is -0.657. The van der Waals surface area contributed by atoms with Gasteiger partial charge in [0.25, 0.3) is 0 Å². The number of hydrogen-bond donors (Lipinski definition) is 1. The van der Waals surface area contributed by atoms with Gasteiger partial charge in [0, 0.05) is 12.2 Å². The first-order valence-electron chi connectivity index (χ1n) is 5.42. The van der Waals surface area contributed by atoms with Crippen molar-refractivity contribution in [3.8, 4) is 0 Å². The molecule has 1 heterocycles. The molecule has 1 atom stereocenters. The van der Waals surface area contributed by atoms with Gasteiger partial charge in [-0.3, -0.25) is 4.79 Å². The van der Waals surface area contributed by atoms with Crippen LogP contribution < -0.4 is 0 Å². The number of carbonyl (C=O) groups is 1. The molecule has 94 valence electrons. The molecule has 0 saturated carbocycles. The molecular formula is C11H12N4O2S. The Morgan fingerprint density at radius 3 is 2.83 bits per heavy atom. The molecule has 0 spiro atoms. The molecule has 0 aliphatic carbocycles. The summed E-state index contributed by atoms with van der Waals surface area (Å²) in [7, 11) is 0. The van der Waals surface area contributed by atoms with E-state index in [1.54, 1.807) is 12.1 Å². The zero-order valence-corrected chi connectivity index (χ0v) is 10.6. The summed E-state index contributed by atoms with van der Waals surface area (Å²) in [6, 6.07) is 9.00. The fraction of sp³-hybridized carbons (Fsp3) is 0.273. The average Bonchev–Trinajstić information content (AvgIpc) is 2.91. The highest BCUT2D eigenvalue weighted by molar-refractivity contribution is 8.00. The van der Waals surface area contributed by atoms with Gasteiger partial charge in [-0.1, -0.05) is 30.3 Å². The lowest BCUT2D eigenvalue weighted by Crippen LogP contribution is -2.21. The van der Waals surface area contributed by atoms with Gasteiger partial charge in [0.05, 0.1) is 0 Å². The Kier molecular flexibility index (Phi) is 4.43. The van der Waals surface area contributed by atoms with Crippen LogP contribution in [0.2, 0.25) is 0 Å². The van der Waals surface area contributed by atoms with E-state index in [1.807, 2.05) is 25.1 Å². The molecule has 0 fully saturated rings. The van der Waals surface area contributed by atoms with Crippen LogP contribution in [-0.4, -0.2) is 38.5 Å². The summed E-state index contributed by atoms with van der Waals surface area (Å²) in [4.78, 5) is 12.2. The van der Waals surface area contributed by atoms with Crippen molar-refractivity contribution in [2.75, 3.05) is 6.61 Å². The van der Waals surface area contributed by atoms with Gasteiger partial charge in [0.1, 0.15) is 0 Å². The van der Waals surface area contributed by atoms with Crippen LogP contribution in [0, 0.1) is 0 Å².